The molecule has 0 bridgehead atoms. The number of alkyl carbamates (subject to hydrolysis) is 1. The van der Waals surface area contributed by atoms with Crippen molar-refractivity contribution in [1.29, 1.82) is 0 Å². The molecule has 0 fully saturated rings. The second-order valence-electron chi connectivity index (χ2n) is 20.0. The summed E-state index contributed by atoms with van der Waals surface area (Å²) >= 11 is 3.64. The topological polar surface area (TPSA) is 67.9 Å². The third kappa shape index (κ3) is 11.6. The van der Waals surface area contributed by atoms with E-state index >= 15 is 4.79 Å². The normalized spacial score (nSPS) is 12.9. The fourth-order valence-corrected chi connectivity index (χ4v) is 13.3. The molecular weight excluding hydrogens is 949 g/mol. The van der Waals surface area contributed by atoms with Gasteiger partial charge in [0.05, 0.1) is 21.7 Å². The van der Waals surface area contributed by atoms with E-state index < -0.39 is 27.2 Å². The number of hydrogen-bond acceptors (Lipinski definition) is 6. The summed E-state index contributed by atoms with van der Waals surface area (Å²) in [7, 11) is 0. The van der Waals surface area contributed by atoms with Crippen LogP contribution < -0.4 is 5.32 Å². The number of hydrogen-bond donors (Lipinski definition) is 1. The Morgan fingerprint density at radius 3 is 1.23 bits per heavy atom. The number of carbonyl (C=O) groups is 2. The standard InChI is InChI=1S/C66H66N2O4S2/c1-48-34-38-54(39-35-48)65(50-22-10-6-11-23-50,51-24-12-7-13-25-51)73-44-42-68(43-45-74-66(52-26-14-8-15-27-52,53-28-16-9-17-29-53)55-40-36-49(2)37-41-55)62(69)61(47-72-64(3,4)5)67-63(70)71-46-60-58-32-20-18-30-56(58)57-31-19-21-33-59(57)60/h6-41,60-61H,42-47H2,1-5H3,(H,67,70)/t61-/m0/s1. The molecule has 0 heterocycles. The molecule has 1 atom stereocenters. The first kappa shape index (κ1) is 52.0. The van der Waals surface area contributed by atoms with Crippen molar-refractivity contribution in [1.82, 2.24) is 10.2 Å². The molecule has 1 N–H and O–H groups in total. The van der Waals surface area contributed by atoms with Gasteiger partial charge >= 0.3 is 6.09 Å². The lowest BCUT2D eigenvalue weighted by atomic mass is 9.84. The van der Waals surface area contributed by atoms with Crippen LogP contribution in [-0.2, 0) is 23.8 Å². The molecule has 1 aliphatic carbocycles. The summed E-state index contributed by atoms with van der Waals surface area (Å²) in [5.41, 5.74) is 13.2. The Bertz CT molecular complexity index is 2830. The Labute approximate surface area is 447 Å². The summed E-state index contributed by atoms with van der Waals surface area (Å²) in [6.45, 7) is 11.0. The van der Waals surface area contributed by atoms with E-state index in [1.165, 1.54) is 11.1 Å². The van der Waals surface area contributed by atoms with Crippen molar-refractivity contribution in [3.8, 4) is 11.1 Å². The molecule has 0 aliphatic heterocycles. The Morgan fingerprint density at radius 2 is 0.851 bits per heavy atom. The van der Waals surface area contributed by atoms with Crippen molar-refractivity contribution in [2.75, 3.05) is 37.8 Å². The van der Waals surface area contributed by atoms with E-state index in [1.54, 1.807) is 0 Å². The van der Waals surface area contributed by atoms with Crippen LogP contribution in [0.1, 0.15) is 82.3 Å². The number of nitrogens with zero attached hydrogens (tertiary/aromatic N) is 1. The van der Waals surface area contributed by atoms with Gasteiger partial charge in [0.15, 0.2) is 0 Å². The molecule has 8 aromatic carbocycles. The SMILES string of the molecule is Cc1ccc(C(SCCN(CCSC(c2ccccc2)(c2ccccc2)c2ccc(C)cc2)C(=O)[C@H](COC(C)(C)C)NC(=O)OCC2c3ccccc3-c3ccccc32)(c2ccccc2)c2ccccc2)cc1. The lowest BCUT2D eigenvalue weighted by molar-refractivity contribution is -0.136. The molecule has 0 radical (unpaired) electrons. The van der Waals surface area contributed by atoms with Gasteiger partial charge in [-0.3, -0.25) is 4.79 Å². The second-order valence-corrected chi connectivity index (χ2v) is 22.6. The average molecular weight is 1020 g/mol. The number of carbonyl (C=O) groups excluding carboxylic acids is 2. The van der Waals surface area contributed by atoms with Crippen molar-refractivity contribution in [3.63, 3.8) is 0 Å². The second kappa shape index (κ2) is 23.6. The van der Waals surface area contributed by atoms with E-state index in [9.17, 15) is 4.79 Å². The van der Waals surface area contributed by atoms with E-state index in [0.29, 0.717) is 24.6 Å². The van der Waals surface area contributed by atoms with Gasteiger partial charge in [0, 0.05) is 30.5 Å². The minimum absolute atomic E-state index is 0.0357. The van der Waals surface area contributed by atoms with Crippen LogP contribution in [0.4, 0.5) is 4.79 Å². The third-order valence-electron chi connectivity index (χ3n) is 13.9. The van der Waals surface area contributed by atoms with Crippen LogP contribution in [0.25, 0.3) is 11.1 Å². The highest BCUT2D eigenvalue weighted by Gasteiger charge is 2.40. The van der Waals surface area contributed by atoms with E-state index in [4.69, 9.17) is 9.47 Å². The van der Waals surface area contributed by atoms with E-state index in [0.717, 1.165) is 55.6 Å². The maximum Gasteiger partial charge on any atom is 0.407 e. The Hall–Kier alpha value is -6.84. The number of amides is 2. The van der Waals surface area contributed by atoms with E-state index in [1.807, 2.05) is 73.5 Å². The van der Waals surface area contributed by atoms with Gasteiger partial charge < -0.3 is 19.7 Å². The van der Waals surface area contributed by atoms with Gasteiger partial charge in [-0.05, 0) is 90.3 Å². The lowest BCUT2D eigenvalue weighted by Gasteiger charge is -2.38. The maximum atomic E-state index is 15.6. The molecular formula is C66H66N2O4S2. The minimum atomic E-state index is -1.03. The Balaban J connectivity index is 1.06. The molecule has 0 spiro atoms. The predicted molar refractivity (Wildman–Crippen MR) is 307 cm³/mol. The molecule has 0 saturated heterocycles. The number of fused-ring (bicyclic) bond motifs is 3. The van der Waals surface area contributed by atoms with Crippen molar-refractivity contribution >= 4 is 35.5 Å². The van der Waals surface area contributed by atoms with Crippen LogP contribution in [0.5, 0.6) is 0 Å². The van der Waals surface area contributed by atoms with Gasteiger partial charge in [-0.25, -0.2) is 4.79 Å². The van der Waals surface area contributed by atoms with Crippen LogP contribution in [-0.4, -0.2) is 66.4 Å². The molecule has 8 heteroatoms. The van der Waals surface area contributed by atoms with Gasteiger partial charge in [0.25, 0.3) is 0 Å². The molecule has 1 aliphatic rings. The van der Waals surface area contributed by atoms with Gasteiger partial charge in [0.2, 0.25) is 5.91 Å². The highest BCUT2D eigenvalue weighted by atomic mass is 32.2. The van der Waals surface area contributed by atoms with Gasteiger partial charge in [-0.15, -0.1) is 23.5 Å². The van der Waals surface area contributed by atoms with Gasteiger partial charge in [0.1, 0.15) is 12.6 Å². The quantitative estimate of drug-likeness (QED) is 0.0767. The highest BCUT2D eigenvalue weighted by molar-refractivity contribution is 8.00. The van der Waals surface area contributed by atoms with E-state index in [-0.39, 0.29) is 25.0 Å². The monoisotopic (exact) mass is 1010 g/mol. The number of rotatable bonds is 20. The predicted octanol–water partition coefficient (Wildman–Crippen LogP) is 14.6. The number of nitrogens with one attached hydrogen (secondary N) is 1. The van der Waals surface area contributed by atoms with Gasteiger partial charge in [-0.1, -0.05) is 230 Å². The molecule has 0 aromatic heterocycles. The first-order valence-corrected chi connectivity index (χ1v) is 27.6. The number of ether oxygens (including phenoxy) is 2. The summed E-state index contributed by atoms with van der Waals surface area (Å²) in [5.74, 6) is 0.785. The zero-order valence-electron chi connectivity index (χ0n) is 43.1. The van der Waals surface area contributed by atoms with Gasteiger partial charge in [-0.2, -0.15) is 0 Å². The van der Waals surface area contributed by atoms with Crippen LogP contribution in [0.2, 0.25) is 0 Å². The largest absolute Gasteiger partial charge is 0.449 e. The van der Waals surface area contributed by atoms with Crippen LogP contribution >= 0.6 is 23.5 Å². The Kier molecular flexibility index (Phi) is 16.6. The molecule has 2 amide bonds. The zero-order valence-corrected chi connectivity index (χ0v) is 44.7. The van der Waals surface area contributed by atoms with E-state index in [2.05, 4.69) is 213 Å². The minimum Gasteiger partial charge on any atom is -0.449 e. The summed E-state index contributed by atoms with van der Waals surface area (Å²) in [6.07, 6.45) is -0.662. The number of aryl methyl sites for hydroxylation is 2. The molecule has 74 heavy (non-hydrogen) atoms. The number of benzene rings is 8. The summed E-state index contributed by atoms with van der Waals surface area (Å²) in [6, 6.07) is 75.9. The summed E-state index contributed by atoms with van der Waals surface area (Å²) in [5, 5.41) is 3.03. The summed E-state index contributed by atoms with van der Waals surface area (Å²) < 4.78 is 11.3. The van der Waals surface area contributed by atoms with Crippen molar-refractivity contribution in [2.45, 2.75) is 61.7 Å². The molecule has 6 nitrogen and oxygen atoms in total. The number of thioether (sulfide) groups is 2. The maximum absolute atomic E-state index is 15.6. The highest BCUT2D eigenvalue weighted by Crippen LogP contribution is 2.50. The lowest BCUT2D eigenvalue weighted by Crippen LogP contribution is -2.53. The average Bonchev–Trinajstić information content (AvgIpc) is 3.75. The van der Waals surface area contributed by atoms with Crippen molar-refractivity contribution in [2.24, 2.45) is 0 Å². The molecule has 0 saturated carbocycles. The zero-order chi connectivity index (χ0) is 51.5. The fraction of sp³-hybridized carbons (Fsp3) is 0.242. The Morgan fingerprint density at radius 1 is 0.500 bits per heavy atom. The van der Waals surface area contributed by atoms with Crippen LogP contribution in [0, 0.1) is 13.8 Å². The van der Waals surface area contributed by atoms with Crippen LogP contribution in [0.3, 0.4) is 0 Å². The van der Waals surface area contributed by atoms with Crippen LogP contribution in [0.15, 0.2) is 218 Å². The first-order valence-electron chi connectivity index (χ1n) is 25.6. The molecule has 376 valence electrons. The first-order chi connectivity index (χ1) is 36.0. The van der Waals surface area contributed by atoms with Crippen molar-refractivity contribution < 1.29 is 19.1 Å². The smallest absolute Gasteiger partial charge is 0.407 e. The molecule has 0 unspecified atom stereocenters. The van der Waals surface area contributed by atoms with Crippen molar-refractivity contribution in [3.05, 3.63) is 274 Å². The molecule has 9 rings (SSSR count). The molecule has 8 aromatic rings. The third-order valence-corrected chi connectivity index (χ3v) is 17.0. The fourth-order valence-electron chi connectivity index (χ4n) is 10.2. The summed E-state index contributed by atoms with van der Waals surface area (Å²) in [4.78, 5) is 31.8.